The number of aryl methyl sites for hydroxylation is 1. The topological polar surface area (TPSA) is 75.1 Å². The molecule has 0 aromatic carbocycles. The normalized spacial score (nSPS) is 10.3. The molecule has 94 valence electrons. The van der Waals surface area contributed by atoms with E-state index in [0.717, 1.165) is 5.01 Å². The Kier molecular flexibility index (Phi) is 3.78. The monoisotopic (exact) mass is 283 g/mol. The van der Waals surface area contributed by atoms with E-state index in [1.165, 1.54) is 17.4 Å². The van der Waals surface area contributed by atoms with Gasteiger partial charge in [0.1, 0.15) is 15.7 Å². The zero-order valence-electron chi connectivity index (χ0n) is 9.48. The van der Waals surface area contributed by atoms with E-state index in [0.29, 0.717) is 17.9 Å². The zero-order valence-corrected chi connectivity index (χ0v) is 11.0. The molecule has 18 heavy (non-hydrogen) atoms. The average molecular weight is 284 g/mol. The van der Waals surface area contributed by atoms with Gasteiger partial charge in [-0.05, 0) is 13.0 Å². The molecule has 0 bridgehead atoms. The molecule has 7 heteroatoms. The van der Waals surface area contributed by atoms with Gasteiger partial charge in [0.05, 0.1) is 17.9 Å². The number of aromatic carboxylic acids is 1. The van der Waals surface area contributed by atoms with E-state index in [-0.39, 0.29) is 10.7 Å². The molecule has 0 amide bonds. The number of carboxylic acid groups (broad SMARTS) is 1. The number of pyridine rings is 1. The van der Waals surface area contributed by atoms with Gasteiger partial charge in [-0.2, -0.15) is 0 Å². The van der Waals surface area contributed by atoms with Crippen LogP contribution in [-0.4, -0.2) is 21.0 Å². The number of rotatable bonds is 4. The predicted octanol–water partition coefficient (Wildman–Crippen LogP) is 2.81. The molecule has 0 radical (unpaired) electrons. The minimum atomic E-state index is -1.03. The van der Waals surface area contributed by atoms with Crippen LogP contribution in [0.2, 0.25) is 5.15 Å². The number of carboxylic acids is 1. The third-order valence-corrected chi connectivity index (χ3v) is 3.27. The number of anilines is 1. The lowest BCUT2D eigenvalue weighted by Crippen LogP contribution is -2.09. The Bertz CT molecular complexity index is 572. The van der Waals surface area contributed by atoms with Crippen LogP contribution in [0, 0.1) is 6.92 Å². The molecule has 0 aliphatic rings. The van der Waals surface area contributed by atoms with Crippen molar-refractivity contribution in [2.45, 2.75) is 13.5 Å². The smallest absolute Gasteiger partial charge is 0.339 e. The Morgan fingerprint density at radius 3 is 3.00 bits per heavy atom. The Hall–Kier alpha value is -1.66. The lowest BCUT2D eigenvalue weighted by Gasteiger charge is -2.10. The van der Waals surface area contributed by atoms with Crippen LogP contribution in [0.4, 0.5) is 5.69 Å². The first-order chi connectivity index (χ1) is 8.58. The van der Waals surface area contributed by atoms with Gasteiger partial charge < -0.3 is 10.4 Å². The van der Waals surface area contributed by atoms with Crippen molar-refractivity contribution in [1.82, 2.24) is 9.97 Å². The molecule has 2 aromatic heterocycles. The van der Waals surface area contributed by atoms with Gasteiger partial charge in [0.25, 0.3) is 0 Å². The van der Waals surface area contributed by atoms with Crippen molar-refractivity contribution in [3.05, 3.63) is 39.1 Å². The number of nitrogens with one attached hydrogen (secondary N) is 1. The first-order valence-electron chi connectivity index (χ1n) is 5.10. The first kappa shape index (κ1) is 12.8. The fraction of sp³-hybridized carbons (Fsp3) is 0.182. The first-order valence-corrected chi connectivity index (χ1v) is 6.36. The fourth-order valence-corrected chi connectivity index (χ4v) is 2.35. The summed E-state index contributed by atoms with van der Waals surface area (Å²) in [6.07, 6.45) is 1.70. The molecule has 0 aliphatic carbocycles. The molecule has 5 nitrogen and oxygen atoms in total. The molecular formula is C11H10ClN3O2S. The molecule has 0 aliphatic heterocycles. The molecule has 0 fully saturated rings. The number of carbonyl (C=O) groups is 1. The van der Waals surface area contributed by atoms with Crippen molar-refractivity contribution < 1.29 is 9.90 Å². The highest BCUT2D eigenvalue weighted by molar-refractivity contribution is 7.09. The van der Waals surface area contributed by atoms with Crippen LogP contribution in [-0.2, 0) is 6.54 Å². The van der Waals surface area contributed by atoms with E-state index in [1.807, 2.05) is 5.38 Å². The van der Waals surface area contributed by atoms with Gasteiger partial charge in [-0.3, -0.25) is 0 Å². The molecule has 2 aromatic rings. The zero-order chi connectivity index (χ0) is 13.1. The molecule has 0 unspecified atom stereocenters. The Morgan fingerprint density at radius 1 is 1.61 bits per heavy atom. The van der Waals surface area contributed by atoms with Crippen molar-refractivity contribution in [1.29, 1.82) is 0 Å². The maximum Gasteiger partial charge on any atom is 0.339 e. The quantitative estimate of drug-likeness (QED) is 0.844. The Labute approximate surface area is 112 Å². The van der Waals surface area contributed by atoms with Crippen molar-refractivity contribution in [3.8, 4) is 0 Å². The molecule has 2 rings (SSSR count). The largest absolute Gasteiger partial charge is 0.478 e. The maximum absolute atomic E-state index is 11.2. The van der Waals surface area contributed by atoms with Crippen LogP contribution in [0.1, 0.15) is 21.1 Å². The van der Waals surface area contributed by atoms with Crippen LogP contribution in [0.25, 0.3) is 0 Å². The summed E-state index contributed by atoms with van der Waals surface area (Å²) in [5.74, 6) is -1.03. The maximum atomic E-state index is 11.2. The summed E-state index contributed by atoms with van der Waals surface area (Å²) in [4.78, 5) is 19.2. The molecule has 0 saturated heterocycles. The van der Waals surface area contributed by atoms with Crippen molar-refractivity contribution in [2.75, 3.05) is 5.32 Å². The number of aromatic nitrogens is 2. The van der Waals surface area contributed by atoms with Crippen LogP contribution in [0.15, 0.2) is 17.6 Å². The summed E-state index contributed by atoms with van der Waals surface area (Å²) >= 11 is 7.33. The van der Waals surface area contributed by atoms with Gasteiger partial charge in [-0.1, -0.05) is 11.6 Å². The minimum Gasteiger partial charge on any atom is -0.478 e. The number of nitrogens with zero attached hydrogens (tertiary/aromatic N) is 2. The highest BCUT2D eigenvalue weighted by Crippen LogP contribution is 2.23. The van der Waals surface area contributed by atoms with Gasteiger partial charge in [0.15, 0.2) is 0 Å². The predicted molar refractivity (Wildman–Crippen MR) is 70.4 cm³/mol. The summed E-state index contributed by atoms with van der Waals surface area (Å²) < 4.78 is 0. The van der Waals surface area contributed by atoms with Gasteiger partial charge in [0.2, 0.25) is 0 Å². The molecule has 2 N–H and O–H groups in total. The van der Waals surface area contributed by atoms with Gasteiger partial charge in [0, 0.05) is 11.6 Å². The third kappa shape index (κ3) is 2.77. The SMILES string of the molecule is Cc1nc(Cl)cc(NCc2nccs2)c1C(=O)O. The highest BCUT2D eigenvalue weighted by atomic mass is 35.5. The standard InChI is InChI=1S/C11H10ClN3O2S/c1-6-10(11(16)17)7(4-8(12)15-6)14-5-9-13-2-3-18-9/h2-4H,5H2,1H3,(H,14,15)(H,16,17). The highest BCUT2D eigenvalue weighted by Gasteiger charge is 2.15. The molecule has 0 atom stereocenters. The summed E-state index contributed by atoms with van der Waals surface area (Å²) in [6, 6.07) is 1.51. The third-order valence-electron chi connectivity index (χ3n) is 2.30. The van der Waals surface area contributed by atoms with E-state index < -0.39 is 5.97 Å². The molecule has 0 spiro atoms. The lowest BCUT2D eigenvalue weighted by molar-refractivity contribution is 0.0696. The van der Waals surface area contributed by atoms with Crippen molar-refractivity contribution >= 4 is 34.6 Å². The minimum absolute atomic E-state index is 0.135. The second kappa shape index (κ2) is 5.32. The summed E-state index contributed by atoms with van der Waals surface area (Å²) in [5, 5.41) is 15.2. The van der Waals surface area contributed by atoms with Gasteiger partial charge in [-0.25, -0.2) is 14.8 Å². The number of halogens is 1. The fourth-order valence-electron chi connectivity index (χ4n) is 1.56. The van der Waals surface area contributed by atoms with E-state index in [9.17, 15) is 4.79 Å². The summed E-state index contributed by atoms with van der Waals surface area (Å²) in [7, 11) is 0. The number of hydrogen-bond donors (Lipinski definition) is 2. The van der Waals surface area contributed by atoms with E-state index in [1.54, 1.807) is 13.1 Å². The number of thiazole rings is 1. The van der Waals surface area contributed by atoms with Crippen LogP contribution >= 0.6 is 22.9 Å². The number of hydrogen-bond acceptors (Lipinski definition) is 5. The average Bonchev–Trinajstić information content (AvgIpc) is 2.77. The molecule has 0 saturated carbocycles. The van der Waals surface area contributed by atoms with Gasteiger partial charge >= 0.3 is 5.97 Å². The van der Waals surface area contributed by atoms with Crippen LogP contribution < -0.4 is 5.32 Å². The van der Waals surface area contributed by atoms with Crippen LogP contribution in [0.3, 0.4) is 0 Å². The van der Waals surface area contributed by atoms with E-state index in [4.69, 9.17) is 16.7 Å². The molecular weight excluding hydrogens is 274 g/mol. The second-order valence-corrected chi connectivity index (χ2v) is 4.90. The Morgan fingerprint density at radius 2 is 2.39 bits per heavy atom. The summed E-state index contributed by atoms with van der Waals surface area (Å²) in [6.45, 7) is 2.07. The molecule has 2 heterocycles. The van der Waals surface area contributed by atoms with E-state index in [2.05, 4.69) is 15.3 Å². The Balaban J connectivity index is 2.28. The van der Waals surface area contributed by atoms with Crippen LogP contribution in [0.5, 0.6) is 0 Å². The lowest BCUT2D eigenvalue weighted by atomic mass is 10.1. The van der Waals surface area contributed by atoms with E-state index >= 15 is 0 Å². The summed E-state index contributed by atoms with van der Waals surface area (Å²) in [5.41, 5.74) is 0.975. The van der Waals surface area contributed by atoms with Crippen molar-refractivity contribution in [2.24, 2.45) is 0 Å². The van der Waals surface area contributed by atoms with Crippen molar-refractivity contribution in [3.63, 3.8) is 0 Å². The van der Waals surface area contributed by atoms with Gasteiger partial charge in [-0.15, -0.1) is 11.3 Å². The second-order valence-electron chi connectivity index (χ2n) is 3.54.